The molecule has 0 aromatic carbocycles. The van der Waals surface area contributed by atoms with Crippen molar-refractivity contribution in [3.63, 3.8) is 0 Å². The van der Waals surface area contributed by atoms with Crippen LogP contribution in [0.25, 0.3) is 0 Å². The maximum absolute atomic E-state index is 11.4. The molecule has 5 heteroatoms. The average Bonchev–Trinajstić information content (AvgIpc) is 2.34. The molecule has 0 aliphatic heterocycles. The second-order valence-corrected chi connectivity index (χ2v) is 4.36. The number of hydrogen-bond donors (Lipinski definition) is 2. The van der Waals surface area contributed by atoms with Gasteiger partial charge in [-0.2, -0.15) is 0 Å². The number of ether oxygens (including phenoxy) is 1. The van der Waals surface area contributed by atoms with Gasteiger partial charge in [-0.25, -0.2) is 4.98 Å². The second-order valence-electron chi connectivity index (χ2n) is 4.36. The Labute approximate surface area is 108 Å². The lowest BCUT2D eigenvalue weighted by Crippen LogP contribution is -2.32. The van der Waals surface area contributed by atoms with Gasteiger partial charge in [0, 0.05) is 37.8 Å². The molecule has 0 aliphatic carbocycles. The molecule has 0 radical (unpaired) electrons. The van der Waals surface area contributed by atoms with Gasteiger partial charge in [-0.15, -0.1) is 0 Å². The lowest BCUT2D eigenvalue weighted by atomic mass is 10.2. The SMILES string of the molecule is COc1cc(CNCCC(=O)NC(C)C)ccn1. The van der Waals surface area contributed by atoms with Gasteiger partial charge in [0.15, 0.2) is 0 Å². The van der Waals surface area contributed by atoms with E-state index >= 15 is 0 Å². The second kappa shape index (κ2) is 7.66. The Hall–Kier alpha value is -1.62. The van der Waals surface area contributed by atoms with Gasteiger partial charge in [0.1, 0.15) is 0 Å². The molecule has 2 N–H and O–H groups in total. The smallest absolute Gasteiger partial charge is 0.221 e. The lowest BCUT2D eigenvalue weighted by molar-refractivity contribution is -0.121. The first kappa shape index (κ1) is 14.4. The van der Waals surface area contributed by atoms with Gasteiger partial charge in [-0.3, -0.25) is 4.79 Å². The van der Waals surface area contributed by atoms with E-state index in [1.165, 1.54) is 0 Å². The monoisotopic (exact) mass is 251 g/mol. The minimum absolute atomic E-state index is 0.0739. The summed E-state index contributed by atoms with van der Waals surface area (Å²) < 4.78 is 5.04. The molecule has 1 aromatic heterocycles. The van der Waals surface area contributed by atoms with Crippen molar-refractivity contribution in [1.82, 2.24) is 15.6 Å². The molecule has 1 amide bonds. The van der Waals surface area contributed by atoms with Crippen molar-refractivity contribution < 1.29 is 9.53 Å². The highest BCUT2D eigenvalue weighted by Gasteiger charge is 2.02. The van der Waals surface area contributed by atoms with Crippen molar-refractivity contribution in [3.05, 3.63) is 23.9 Å². The van der Waals surface area contributed by atoms with Gasteiger partial charge in [-0.1, -0.05) is 0 Å². The highest BCUT2D eigenvalue weighted by atomic mass is 16.5. The van der Waals surface area contributed by atoms with Crippen molar-refractivity contribution in [1.29, 1.82) is 0 Å². The van der Waals surface area contributed by atoms with E-state index in [4.69, 9.17) is 4.74 Å². The van der Waals surface area contributed by atoms with Crippen LogP contribution in [-0.4, -0.2) is 30.6 Å². The van der Waals surface area contributed by atoms with E-state index in [1.807, 2.05) is 26.0 Å². The summed E-state index contributed by atoms with van der Waals surface area (Å²) in [5.41, 5.74) is 1.09. The molecule has 5 nitrogen and oxygen atoms in total. The number of rotatable bonds is 7. The van der Waals surface area contributed by atoms with E-state index in [0.717, 1.165) is 5.56 Å². The minimum Gasteiger partial charge on any atom is -0.481 e. The van der Waals surface area contributed by atoms with Crippen molar-refractivity contribution in [3.8, 4) is 5.88 Å². The average molecular weight is 251 g/mol. The van der Waals surface area contributed by atoms with Crippen LogP contribution in [0.1, 0.15) is 25.8 Å². The summed E-state index contributed by atoms with van der Waals surface area (Å²) in [7, 11) is 1.59. The van der Waals surface area contributed by atoms with Gasteiger partial charge in [0.25, 0.3) is 0 Å². The summed E-state index contributed by atoms with van der Waals surface area (Å²) >= 11 is 0. The number of carbonyl (C=O) groups excluding carboxylic acids is 1. The van der Waals surface area contributed by atoms with Crippen molar-refractivity contribution in [2.75, 3.05) is 13.7 Å². The summed E-state index contributed by atoms with van der Waals surface area (Å²) in [6, 6.07) is 3.99. The van der Waals surface area contributed by atoms with E-state index in [9.17, 15) is 4.79 Å². The first-order valence-corrected chi connectivity index (χ1v) is 6.11. The van der Waals surface area contributed by atoms with Gasteiger partial charge >= 0.3 is 0 Å². The number of hydrogen-bond acceptors (Lipinski definition) is 4. The van der Waals surface area contributed by atoms with Crippen LogP contribution in [0, 0.1) is 0 Å². The molecule has 0 atom stereocenters. The number of amides is 1. The number of nitrogens with one attached hydrogen (secondary N) is 2. The first-order valence-electron chi connectivity index (χ1n) is 6.11. The number of methoxy groups -OCH3 is 1. The molecule has 1 heterocycles. The van der Waals surface area contributed by atoms with Crippen LogP contribution >= 0.6 is 0 Å². The molecule has 1 aromatic rings. The van der Waals surface area contributed by atoms with E-state index in [1.54, 1.807) is 13.3 Å². The molecular formula is C13H21N3O2. The lowest BCUT2D eigenvalue weighted by Gasteiger charge is -2.09. The van der Waals surface area contributed by atoms with Crippen LogP contribution in [0.4, 0.5) is 0 Å². The van der Waals surface area contributed by atoms with Gasteiger partial charge < -0.3 is 15.4 Å². The number of carbonyl (C=O) groups is 1. The maximum Gasteiger partial charge on any atom is 0.221 e. The van der Waals surface area contributed by atoms with Gasteiger partial charge in [0.05, 0.1) is 7.11 Å². The summed E-state index contributed by atoms with van der Waals surface area (Å²) in [6.45, 7) is 5.26. The fourth-order valence-corrected chi connectivity index (χ4v) is 1.50. The van der Waals surface area contributed by atoms with Crippen LogP contribution in [0.2, 0.25) is 0 Å². The van der Waals surface area contributed by atoms with E-state index in [0.29, 0.717) is 25.4 Å². The number of aromatic nitrogens is 1. The molecule has 0 bridgehead atoms. The maximum atomic E-state index is 11.4. The number of pyridine rings is 1. The summed E-state index contributed by atoms with van der Waals surface area (Å²) in [5, 5.41) is 6.06. The molecule has 18 heavy (non-hydrogen) atoms. The summed E-state index contributed by atoms with van der Waals surface area (Å²) in [4.78, 5) is 15.4. The Balaban J connectivity index is 2.23. The largest absolute Gasteiger partial charge is 0.481 e. The molecule has 0 aliphatic rings. The van der Waals surface area contributed by atoms with Crippen LogP contribution in [-0.2, 0) is 11.3 Å². The molecule has 0 saturated carbocycles. The predicted molar refractivity (Wildman–Crippen MR) is 70.4 cm³/mol. The zero-order valence-corrected chi connectivity index (χ0v) is 11.2. The molecule has 1 rings (SSSR count). The zero-order chi connectivity index (χ0) is 13.4. The third-order valence-corrected chi connectivity index (χ3v) is 2.32. The Morgan fingerprint density at radius 2 is 2.28 bits per heavy atom. The molecule has 0 spiro atoms. The summed E-state index contributed by atoms with van der Waals surface area (Å²) in [5.74, 6) is 0.677. The molecule has 0 fully saturated rings. The van der Waals surface area contributed by atoms with Crippen LogP contribution in [0.15, 0.2) is 18.3 Å². The fraction of sp³-hybridized carbons (Fsp3) is 0.538. The Bertz CT molecular complexity index is 380. The quantitative estimate of drug-likeness (QED) is 0.712. The van der Waals surface area contributed by atoms with E-state index < -0.39 is 0 Å². The minimum atomic E-state index is 0.0739. The fourth-order valence-electron chi connectivity index (χ4n) is 1.50. The Morgan fingerprint density at radius 3 is 2.94 bits per heavy atom. The van der Waals surface area contributed by atoms with Crippen LogP contribution in [0.3, 0.4) is 0 Å². The topological polar surface area (TPSA) is 63.2 Å². The van der Waals surface area contributed by atoms with Gasteiger partial charge in [-0.05, 0) is 25.5 Å². The normalized spacial score (nSPS) is 10.4. The van der Waals surface area contributed by atoms with E-state index in [-0.39, 0.29) is 11.9 Å². The van der Waals surface area contributed by atoms with E-state index in [2.05, 4.69) is 15.6 Å². The first-order chi connectivity index (χ1) is 8.61. The highest BCUT2D eigenvalue weighted by Crippen LogP contribution is 2.07. The zero-order valence-electron chi connectivity index (χ0n) is 11.2. The molecule has 0 unspecified atom stereocenters. The van der Waals surface area contributed by atoms with Gasteiger partial charge in [0.2, 0.25) is 11.8 Å². The molecule has 100 valence electrons. The van der Waals surface area contributed by atoms with Crippen molar-refractivity contribution in [2.24, 2.45) is 0 Å². The predicted octanol–water partition coefficient (Wildman–Crippen LogP) is 1.09. The Morgan fingerprint density at radius 1 is 1.50 bits per heavy atom. The third-order valence-electron chi connectivity index (χ3n) is 2.32. The molecule has 0 saturated heterocycles. The molecular weight excluding hydrogens is 230 g/mol. The highest BCUT2D eigenvalue weighted by molar-refractivity contribution is 5.76. The third kappa shape index (κ3) is 5.63. The van der Waals surface area contributed by atoms with Crippen molar-refractivity contribution >= 4 is 5.91 Å². The summed E-state index contributed by atoms with van der Waals surface area (Å²) in [6.07, 6.45) is 2.20. The van der Waals surface area contributed by atoms with Crippen LogP contribution in [0.5, 0.6) is 5.88 Å². The standard InChI is InChI=1S/C13H21N3O2/c1-10(2)16-12(17)5-6-14-9-11-4-7-15-13(8-11)18-3/h4,7-8,10,14H,5-6,9H2,1-3H3,(H,16,17). The number of nitrogens with zero attached hydrogens (tertiary/aromatic N) is 1. The van der Waals surface area contributed by atoms with Crippen LogP contribution < -0.4 is 15.4 Å². The Kier molecular flexibility index (Phi) is 6.14. The van der Waals surface area contributed by atoms with Crippen molar-refractivity contribution in [2.45, 2.75) is 32.9 Å².